The molecule has 0 saturated carbocycles. The number of anilines is 2. The van der Waals surface area contributed by atoms with Gasteiger partial charge in [-0.3, -0.25) is 9.59 Å². The van der Waals surface area contributed by atoms with Gasteiger partial charge in [0.05, 0.1) is 12.1 Å². The standard InChI is InChI=1S/C17H18FN3O2S/c1-10(2)16(23)20-17-19-11(9-24-17)8-15(22)21-7-6-12-13(18)4-3-5-14(12)21/h3-5,9-10H,6-8H2,1-2H3,(H,19,20,23). The van der Waals surface area contributed by atoms with Gasteiger partial charge in [-0.1, -0.05) is 19.9 Å². The van der Waals surface area contributed by atoms with Crippen LogP contribution >= 0.6 is 11.3 Å². The summed E-state index contributed by atoms with van der Waals surface area (Å²) in [6.07, 6.45) is 0.657. The van der Waals surface area contributed by atoms with Crippen molar-refractivity contribution in [2.75, 3.05) is 16.8 Å². The summed E-state index contributed by atoms with van der Waals surface area (Å²) in [5, 5.41) is 4.97. The molecule has 1 N–H and O–H groups in total. The third kappa shape index (κ3) is 3.31. The highest BCUT2D eigenvalue weighted by molar-refractivity contribution is 7.13. The molecule has 0 bridgehead atoms. The van der Waals surface area contributed by atoms with Gasteiger partial charge in [-0.15, -0.1) is 11.3 Å². The normalized spacial score (nSPS) is 13.2. The van der Waals surface area contributed by atoms with E-state index in [1.165, 1.54) is 17.4 Å². The highest BCUT2D eigenvalue weighted by atomic mass is 32.1. The number of fused-ring (bicyclic) bond motifs is 1. The molecular weight excluding hydrogens is 329 g/mol. The summed E-state index contributed by atoms with van der Waals surface area (Å²) < 4.78 is 13.8. The van der Waals surface area contributed by atoms with Crippen molar-refractivity contribution in [2.24, 2.45) is 5.92 Å². The second-order valence-electron chi connectivity index (χ2n) is 6.00. The van der Waals surface area contributed by atoms with E-state index in [4.69, 9.17) is 0 Å². The van der Waals surface area contributed by atoms with Gasteiger partial charge in [-0.2, -0.15) is 0 Å². The average Bonchev–Trinajstić information content (AvgIpc) is 3.14. The van der Waals surface area contributed by atoms with Crippen LogP contribution in [0.3, 0.4) is 0 Å². The molecule has 0 aliphatic carbocycles. The van der Waals surface area contributed by atoms with Crippen LogP contribution in [0.15, 0.2) is 23.6 Å². The number of nitrogens with one attached hydrogen (secondary N) is 1. The summed E-state index contributed by atoms with van der Waals surface area (Å²) in [5.74, 6) is -0.623. The molecule has 7 heteroatoms. The third-order valence-corrected chi connectivity index (χ3v) is 4.72. The molecule has 0 fully saturated rings. The summed E-state index contributed by atoms with van der Waals surface area (Å²) in [4.78, 5) is 30.1. The van der Waals surface area contributed by atoms with Crippen LogP contribution in [-0.4, -0.2) is 23.3 Å². The van der Waals surface area contributed by atoms with Crippen molar-refractivity contribution in [3.8, 4) is 0 Å². The average molecular weight is 347 g/mol. The van der Waals surface area contributed by atoms with Crippen LogP contribution in [0.4, 0.5) is 15.2 Å². The summed E-state index contributed by atoms with van der Waals surface area (Å²) in [6.45, 7) is 4.09. The van der Waals surface area contributed by atoms with Crippen molar-refractivity contribution in [3.05, 3.63) is 40.7 Å². The Morgan fingerprint density at radius 3 is 2.96 bits per heavy atom. The Morgan fingerprint density at radius 1 is 1.42 bits per heavy atom. The summed E-state index contributed by atoms with van der Waals surface area (Å²) in [6, 6.07) is 4.79. The second-order valence-corrected chi connectivity index (χ2v) is 6.86. The zero-order chi connectivity index (χ0) is 17.3. The number of carbonyl (C=O) groups excluding carboxylic acids is 2. The van der Waals surface area contributed by atoms with Crippen molar-refractivity contribution in [2.45, 2.75) is 26.7 Å². The zero-order valence-electron chi connectivity index (χ0n) is 13.5. The lowest BCUT2D eigenvalue weighted by Crippen LogP contribution is -2.30. The van der Waals surface area contributed by atoms with Crippen LogP contribution in [0.2, 0.25) is 0 Å². The number of amides is 2. The number of carbonyl (C=O) groups is 2. The number of benzene rings is 1. The minimum absolute atomic E-state index is 0.105. The minimum atomic E-state index is -0.268. The molecule has 0 saturated heterocycles. The first-order valence-corrected chi connectivity index (χ1v) is 8.66. The van der Waals surface area contributed by atoms with E-state index in [1.54, 1.807) is 36.3 Å². The van der Waals surface area contributed by atoms with E-state index in [2.05, 4.69) is 10.3 Å². The van der Waals surface area contributed by atoms with E-state index in [9.17, 15) is 14.0 Å². The van der Waals surface area contributed by atoms with Crippen LogP contribution in [0.25, 0.3) is 0 Å². The Labute approximate surface area is 143 Å². The first-order chi connectivity index (χ1) is 11.5. The highest BCUT2D eigenvalue weighted by Crippen LogP contribution is 2.30. The Hall–Kier alpha value is -2.28. The lowest BCUT2D eigenvalue weighted by Gasteiger charge is -2.16. The molecule has 2 heterocycles. The highest BCUT2D eigenvalue weighted by Gasteiger charge is 2.27. The lowest BCUT2D eigenvalue weighted by atomic mass is 10.1. The molecule has 0 unspecified atom stereocenters. The molecular formula is C17H18FN3O2S. The smallest absolute Gasteiger partial charge is 0.233 e. The third-order valence-electron chi connectivity index (χ3n) is 3.91. The maximum absolute atomic E-state index is 13.8. The van der Waals surface area contributed by atoms with Gasteiger partial charge in [-0.05, 0) is 18.6 Å². The van der Waals surface area contributed by atoms with Gasteiger partial charge in [0, 0.05) is 29.1 Å². The fourth-order valence-corrected chi connectivity index (χ4v) is 3.31. The van der Waals surface area contributed by atoms with E-state index in [1.807, 2.05) is 0 Å². The Bertz CT molecular complexity index is 788. The largest absolute Gasteiger partial charge is 0.311 e. The molecule has 2 aromatic rings. The molecule has 0 radical (unpaired) electrons. The number of thiazole rings is 1. The fourth-order valence-electron chi connectivity index (χ4n) is 2.60. The van der Waals surface area contributed by atoms with Gasteiger partial charge < -0.3 is 10.2 Å². The quantitative estimate of drug-likeness (QED) is 0.925. The monoisotopic (exact) mass is 347 g/mol. The first-order valence-electron chi connectivity index (χ1n) is 7.78. The molecule has 5 nitrogen and oxygen atoms in total. The Balaban J connectivity index is 1.68. The number of hydrogen-bond acceptors (Lipinski definition) is 4. The Morgan fingerprint density at radius 2 is 2.21 bits per heavy atom. The number of hydrogen-bond donors (Lipinski definition) is 1. The van der Waals surface area contributed by atoms with E-state index >= 15 is 0 Å². The maximum Gasteiger partial charge on any atom is 0.233 e. The fraction of sp³-hybridized carbons (Fsp3) is 0.353. The minimum Gasteiger partial charge on any atom is -0.311 e. The Kier molecular flexibility index (Phi) is 4.62. The van der Waals surface area contributed by atoms with Crippen molar-refractivity contribution < 1.29 is 14.0 Å². The molecule has 1 aliphatic heterocycles. The van der Waals surface area contributed by atoms with E-state index in [0.29, 0.717) is 35.0 Å². The number of rotatable bonds is 4. The molecule has 2 amide bonds. The van der Waals surface area contributed by atoms with Gasteiger partial charge >= 0.3 is 0 Å². The van der Waals surface area contributed by atoms with Crippen LogP contribution in [0.5, 0.6) is 0 Å². The zero-order valence-corrected chi connectivity index (χ0v) is 14.3. The molecule has 0 spiro atoms. The van der Waals surface area contributed by atoms with Crippen molar-refractivity contribution in [1.82, 2.24) is 4.98 Å². The maximum atomic E-state index is 13.8. The molecule has 1 aromatic carbocycles. The molecule has 0 atom stereocenters. The van der Waals surface area contributed by atoms with Gasteiger partial charge in [-0.25, -0.2) is 9.37 Å². The van der Waals surface area contributed by atoms with E-state index in [-0.39, 0.29) is 30.0 Å². The summed E-state index contributed by atoms with van der Waals surface area (Å²) >= 11 is 1.29. The van der Waals surface area contributed by atoms with Gasteiger partial charge in [0.15, 0.2) is 5.13 Å². The van der Waals surface area contributed by atoms with Crippen LogP contribution < -0.4 is 10.2 Å². The summed E-state index contributed by atoms with van der Waals surface area (Å²) in [5.41, 5.74) is 1.84. The molecule has 1 aliphatic rings. The lowest BCUT2D eigenvalue weighted by molar-refractivity contribution is -0.119. The number of nitrogens with zero attached hydrogens (tertiary/aromatic N) is 2. The van der Waals surface area contributed by atoms with Crippen molar-refractivity contribution >= 4 is 34.0 Å². The molecule has 24 heavy (non-hydrogen) atoms. The topological polar surface area (TPSA) is 62.3 Å². The number of halogens is 1. The van der Waals surface area contributed by atoms with E-state index < -0.39 is 0 Å². The van der Waals surface area contributed by atoms with Gasteiger partial charge in [0.25, 0.3) is 0 Å². The van der Waals surface area contributed by atoms with Crippen molar-refractivity contribution in [3.63, 3.8) is 0 Å². The van der Waals surface area contributed by atoms with E-state index in [0.717, 1.165) is 0 Å². The van der Waals surface area contributed by atoms with Gasteiger partial charge in [0.1, 0.15) is 5.82 Å². The SMILES string of the molecule is CC(C)C(=O)Nc1nc(CC(=O)N2CCc3c(F)cccc32)cs1. The predicted molar refractivity (Wildman–Crippen MR) is 91.7 cm³/mol. The second kappa shape index (κ2) is 6.68. The molecule has 126 valence electrons. The molecule has 3 rings (SSSR count). The summed E-state index contributed by atoms with van der Waals surface area (Å²) in [7, 11) is 0. The molecule has 1 aromatic heterocycles. The van der Waals surface area contributed by atoms with Crippen LogP contribution in [0.1, 0.15) is 25.1 Å². The van der Waals surface area contributed by atoms with Crippen LogP contribution in [-0.2, 0) is 22.4 Å². The number of aromatic nitrogens is 1. The van der Waals surface area contributed by atoms with Crippen molar-refractivity contribution in [1.29, 1.82) is 0 Å². The first kappa shape index (κ1) is 16.6. The predicted octanol–water partition coefficient (Wildman–Crippen LogP) is 3.01. The van der Waals surface area contributed by atoms with Gasteiger partial charge in [0.2, 0.25) is 11.8 Å². The van der Waals surface area contributed by atoms with Crippen LogP contribution in [0, 0.1) is 11.7 Å².